The smallest absolute Gasteiger partial charge is 0.319 e. The Morgan fingerprint density at radius 1 is 0.933 bits per heavy atom. The van der Waals surface area contributed by atoms with Crippen LogP contribution in [0.15, 0.2) is 65.6 Å². The number of carbonyl (C=O) groups is 1. The number of aryl methyl sites for hydroxylation is 1. The summed E-state index contributed by atoms with van der Waals surface area (Å²) in [5.74, 6) is -0.0387. The summed E-state index contributed by atoms with van der Waals surface area (Å²) < 4.78 is 25.9. The summed E-state index contributed by atoms with van der Waals surface area (Å²) in [6.45, 7) is 2.18. The van der Waals surface area contributed by atoms with Crippen LogP contribution in [0.3, 0.4) is 0 Å². The number of rotatable bonds is 7. The molecule has 3 aromatic rings. The van der Waals surface area contributed by atoms with Crippen LogP contribution in [0.25, 0.3) is 10.8 Å². The second-order valence-corrected chi connectivity index (χ2v) is 9.47. The lowest BCUT2D eigenvalue weighted by molar-refractivity contribution is 0.252. The van der Waals surface area contributed by atoms with E-state index in [0.717, 1.165) is 22.3 Å². The zero-order valence-corrected chi connectivity index (χ0v) is 18.3. The molecule has 0 fully saturated rings. The molecule has 2 amide bonds. The first-order valence-corrected chi connectivity index (χ1v) is 11.5. The third kappa shape index (κ3) is 4.91. The average Bonchev–Trinajstić information content (AvgIpc) is 2.72. The van der Waals surface area contributed by atoms with Crippen molar-refractivity contribution in [1.82, 2.24) is 5.32 Å². The molecule has 0 saturated carbocycles. The first-order valence-electron chi connectivity index (χ1n) is 9.82. The van der Waals surface area contributed by atoms with E-state index < -0.39 is 9.84 Å². The Hall–Kier alpha value is -3.06. The molecular weight excluding hydrogens is 398 g/mol. The summed E-state index contributed by atoms with van der Waals surface area (Å²) in [7, 11) is 0.385. The fraction of sp³-hybridized carbons (Fsp3) is 0.261. The Kier molecular flexibility index (Phi) is 6.62. The number of sulfone groups is 1. The molecule has 30 heavy (non-hydrogen) atoms. The van der Waals surface area contributed by atoms with Gasteiger partial charge in [-0.25, -0.2) is 13.2 Å². The molecule has 0 aromatic heterocycles. The van der Waals surface area contributed by atoms with Gasteiger partial charge in [-0.2, -0.15) is 0 Å². The normalized spacial score (nSPS) is 11.3. The molecule has 0 spiro atoms. The zero-order chi connectivity index (χ0) is 21.7. The zero-order valence-electron chi connectivity index (χ0n) is 17.5. The second-order valence-electron chi connectivity index (χ2n) is 7.39. The number of anilines is 2. The van der Waals surface area contributed by atoms with Crippen molar-refractivity contribution in [3.63, 3.8) is 0 Å². The molecule has 2 N–H and O–H groups in total. The molecule has 0 heterocycles. The van der Waals surface area contributed by atoms with Gasteiger partial charge in [-0.1, -0.05) is 42.5 Å². The highest BCUT2D eigenvalue weighted by Gasteiger charge is 2.18. The summed E-state index contributed by atoms with van der Waals surface area (Å²) in [5, 5.41) is 7.12. The number of hydrogen-bond acceptors (Lipinski definition) is 4. The van der Waals surface area contributed by atoms with Gasteiger partial charge in [0.1, 0.15) is 0 Å². The van der Waals surface area contributed by atoms with Gasteiger partial charge < -0.3 is 15.5 Å². The predicted molar refractivity (Wildman–Crippen MR) is 123 cm³/mol. The fourth-order valence-electron chi connectivity index (χ4n) is 3.38. The Morgan fingerprint density at radius 3 is 2.37 bits per heavy atom. The maximum Gasteiger partial charge on any atom is 0.319 e. The number of benzene rings is 3. The third-order valence-electron chi connectivity index (χ3n) is 4.94. The van der Waals surface area contributed by atoms with Crippen LogP contribution in [0.2, 0.25) is 0 Å². The SMILES string of the molecule is Cc1ccccc1NC(=O)NCCCS(=O)(=O)c1cccc2c(N(C)C)cccc12. The Balaban J connectivity index is 1.64. The van der Waals surface area contributed by atoms with Crippen molar-refractivity contribution < 1.29 is 13.2 Å². The summed E-state index contributed by atoms with van der Waals surface area (Å²) in [6, 6.07) is 18.2. The number of carbonyl (C=O) groups excluding carboxylic acids is 1. The van der Waals surface area contributed by atoms with Crippen LogP contribution in [-0.4, -0.2) is 40.8 Å². The predicted octanol–water partition coefficient (Wildman–Crippen LogP) is 4.20. The van der Waals surface area contributed by atoms with E-state index in [4.69, 9.17) is 0 Å². The van der Waals surface area contributed by atoms with Crippen molar-refractivity contribution in [2.45, 2.75) is 18.2 Å². The van der Waals surface area contributed by atoms with Gasteiger partial charge in [0.2, 0.25) is 0 Å². The molecule has 158 valence electrons. The number of nitrogens with one attached hydrogen (secondary N) is 2. The number of nitrogens with zero attached hydrogens (tertiary/aromatic N) is 1. The molecular formula is C23H27N3O3S. The van der Waals surface area contributed by atoms with E-state index >= 15 is 0 Å². The summed E-state index contributed by atoms with van der Waals surface area (Å²) >= 11 is 0. The molecule has 6 nitrogen and oxygen atoms in total. The molecule has 7 heteroatoms. The number of para-hydroxylation sites is 1. The van der Waals surface area contributed by atoms with Gasteiger partial charge in [0.25, 0.3) is 0 Å². The van der Waals surface area contributed by atoms with E-state index in [1.165, 1.54) is 0 Å². The van der Waals surface area contributed by atoms with Crippen LogP contribution in [0, 0.1) is 6.92 Å². The minimum Gasteiger partial charge on any atom is -0.377 e. The van der Waals surface area contributed by atoms with Gasteiger partial charge in [-0.15, -0.1) is 0 Å². The Morgan fingerprint density at radius 2 is 1.63 bits per heavy atom. The van der Waals surface area contributed by atoms with Crippen molar-refractivity contribution in [3.05, 3.63) is 66.2 Å². The molecule has 0 unspecified atom stereocenters. The fourth-order valence-corrected chi connectivity index (χ4v) is 4.92. The number of amides is 2. The Bertz CT molecular complexity index is 1160. The van der Waals surface area contributed by atoms with Crippen LogP contribution < -0.4 is 15.5 Å². The standard InChI is InChI=1S/C23H27N3O3S/c1-17-9-4-5-12-20(17)25-23(27)24-15-8-16-30(28,29)22-14-7-10-18-19(22)11-6-13-21(18)26(2)3/h4-7,9-14H,8,15-16H2,1-3H3,(H2,24,25,27). The van der Waals surface area contributed by atoms with Crippen molar-refractivity contribution in [3.8, 4) is 0 Å². The van der Waals surface area contributed by atoms with Gasteiger partial charge in [0.15, 0.2) is 9.84 Å². The molecule has 0 saturated heterocycles. The lowest BCUT2D eigenvalue weighted by Gasteiger charge is -2.17. The largest absolute Gasteiger partial charge is 0.377 e. The van der Waals surface area contributed by atoms with Gasteiger partial charge in [0, 0.05) is 42.8 Å². The van der Waals surface area contributed by atoms with Crippen LogP contribution >= 0.6 is 0 Å². The van der Waals surface area contributed by atoms with E-state index in [-0.39, 0.29) is 18.3 Å². The minimum absolute atomic E-state index is 0.0387. The van der Waals surface area contributed by atoms with Crippen molar-refractivity contribution in [1.29, 1.82) is 0 Å². The van der Waals surface area contributed by atoms with Crippen LogP contribution in [0.1, 0.15) is 12.0 Å². The maximum atomic E-state index is 13.0. The monoisotopic (exact) mass is 425 g/mol. The van der Waals surface area contributed by atoms with Crippen molar-refractivity contribution in [2.24, 2.45) is 0 Å². The topological polar surface area (TPSA) is 78.5 Å². The highest BCUT2D eigenvalue weighted by Crippen LogP contribution is 2.30. The van der Waals surface area contributed by atoms with Gasteiger partial charge in [0.05, 0.1) is 10.6 Å². The lowest BCUT2D eigenvalue weighted by atomic mass is 10.1. The summed E-state index contributed by atoms with van der Waals surface area (Å²) in [5.41, 5.74) is 2.66. The van der Waals surface area contributed by atoms with E-state index in [9.17, 15) is 13.2 Å². The van der Waals surface area contributed by atoms with E-state index in [1.807, 2.05) is 74.4 Å². The van der Waals surface area contributed by atoms with Crippen LogP contribution in [0.5, 0.6) is 0 Å². The molecule has 0 aliphatic carbocycles. The number of fused-ring (bicyclic) bond motifs is 1. The molecule has 0 aliphatic heterocycles. The molecule has 0 radical (unpaired) electrons. The summed E-state index contributed by atoms with van der Waals surface area (Å²) in [4.78, 5) is 14.4. The van der Waals surface area contributed by atoms with Crippen molar-refractivity contribution in [2.75, 3.05) is 36.6 Å². The van der Waals surface area contributed by atoms with Crippen LogP contribution in [0.4, 0.5) is 16.2 Å². The molecule has 0 aliphatic rings. The first kappa shape index (κ1) is 21.6. The van der Waals surface area contributed by atoms with E-state index in [1.54, 1.807) is 12.1 Å². The summed E-state index contributed by atoms with van der Waals surface area (Å²) in [6.07, 6.45) is 0.327. The third-order valence-corrected chi connectivity index (χ3v) is 6.80. The highest BCUT2D eigenvalue weighted by atomic mass is 32.2. The van der Waals surface area contributed by atoms with E-state index in [0.29, 0.717) is 16.7 Å². The quantitative estimate of drug-likeness (QED) is 0.556. The van der Waals surface area contributed by atoms with Gasteiger partial charge in [-0.05, 0) is 37.1 Å². The molecule has 3 rings (SSSR count). The average molecular weight is 426 g/mol. The first-order chi connectivity index (χ1) is 14.3. The van der Waals surface area contributed by atoms with E-state index in [2.05, 4.69) is 10.6 Å². The molecule has 3 aromatic carbocycles. The highest BCUT2D eigenvalue weighted by molar-refractivity contribution is 7.91. The van der Waals surface area contributed by atoms with Crippen molar-refractivity contribution >= 4 is 38.0 Å². The van der Waals surface area contributed by atoms with Crippen LogP contribution in [-0.2, 0) is 9.84 Å². The number of hydrogen-bond donors (Lipinski definition) is 2. The minimum atomic E-state index is -3.48. The Labute approximate surface area is 177 Å². The second kappa shape index (κ2) is 9.17. The number of urea groups is 1. The molecule has 0 bridgehead atoms. The van der Waals surface area contributed by atoms with Gasteiger partial charge in [-0.3, -0.25) is 0 Å². The molecule has 0 atom stereocenters. The van der Waals surface area contributed by atoms with Gasteiger partial charge >= 0.3 is 6.03 Å². The maximum absolute atomic E-state index is 13.0. The lowest BCUT2D eigenvalue weighted by Crippen LogP contribution is -2.30.